The zero-order valence-electron chi connectivity index (χ0n) is 6.66. The third-order valence-corrected chi connectivity index (χ3v) is 4.80. The van der Waals surface area contributed by atoms with Gasteiger partial charge in [0.15, 0.2) is 0 Å². The van der Waals surface area contributed by atoms with Crippen molar-refractivity contribution in [3.63, 3.8) is 0 Å². The molecule has 0 fully saturated rings. The predicted octanol–water partition coefficient (Wildman–Crippen LogP) is 4.18. The van der Waals surface area contributed by atoms with Gasteiger partial charge in [-0.25, -0.2) is 0 Å². The molecule has 0 spiro atoms. The summed E-state index contributed by atoms with van der Waals surface area (Å²) >= 11 is 6.56. The van der Waals surface area contributed by atoms with E-state index in [1.165, 1.54) is 11.3 Å². The van der Waals surface area contributed by atoms with E-state index in [0.717, 1.165) is 18.1 Å². The topological polar surface area (TPSA) is 43.1 Å². The monoisotopic (exact) mass is 383 g/mol. The first-order valence-corrected chi connectivity index (χ1v) is 6.30. The van der Waals surface area contributed by atoms with Crippen molar-refractivity contribution in [1.82, 2.24) is 0 Å². The largest absolute Gasteiger partial charge is 0.338 e. The number of benzene rings is 1. The molecule has 6 heteroatoms. The van der Waals surface area contributed by atoms with Gasteiger partial charge in [0.25, 0.3) is 0 Å². The molecule has 1 heterocycles. The lowest BCUT2D eigenvalue weighted by Gasteiger charge is -1.89. The molecule has 0 amide bonds. The van der Waals surface area contributed by atoms with Crippen molar-refractivity contribution in [3.05, 3.63) is 36.4 Å². The zero-order valence-corrected chi connectivity index (χ0v) is 11.2. The van der Waals surface area contributed by atoms with Crippen LogP contribution in [0.1, 0.15) is 0 Å². The second-order valence-electron chi connectivity index (χ2n) is 2.62. The summed E-state index contributed by atoms with van der Waals surface area (Å²) in [7, 11) is 0. The third-order valence-electron chi connectivity index (χ3n) is 1.74. The number of rotatable bonds is 1. The number of halogens is 2. The first-order chi connectivity index (χ1) is 6.59. The second kappa shape index (κ2) is 3.74. The van der Waals surface area contributed by atoms with Crippen molar-refractivity contribution in [2.24, 2.45) is 0 Å². The summed E-state index contributed by atoms with van der Waals surface area (Å²) in [6.07, 6.45) is 0. The third kappa shape index (κ3) is 1.66. The average molecular weight is 384 g/mol. The predicted molar refractivity (Wildman–Crippen MR) is 68.9 cm³/mol. The molecule has 0 atom stereocenters. The van der Waals surface area contributed by atoms with Crippen molar-refractivity contribution < 1.29 is 4.92 Å². The molecule has 1 aromatic carbocycles. The van der Waals surface area contributed by atoms with Gasteiger partial charge in [0.1, 0.15) is 3.57 Å². The number of nitro groups is 1. The summed E-state index contributed by atoms with van der Waals surface area (Å²) < 4.78 is 2.60. The van der Waals surface area contributed by atoms with Gasteiger partial charge in [-0.15, -0.1) is 0 Å². The summed E-state index contributed by atoms with van der Waals surface area (Å²) in [4.78, 5) is 10.3. The molecule has 0 N–H and O–H groups in total. The van der Waals surface area contributed by atoms with Crippen molar-refractivity contribution in [2.75, 3.05) is 0 Å². The van der Waals surface area contributed by atoms with Crippen LogP contribution in [0.4, 0.5) is 5.00 Å². The number of fused-ring (bicyclic) bond motifs is 1. The molecule has 2 rings (SSSR count). The maximum atomic E-state index is 10.7. The van der Waals surface area contributed by atoms with Crippen molar-refractivity contribution in [1.29, 1.82) is 0 Å². The Kier molecular flexibility index (Phi) is 2.76. The number of nitrogens with zero attached hydrogens (tertiary/aromatic N) is 1. The van der Waals surface area contributed by atoms with E-state index in [-0.39, 0.29) is 9.92 Å². The Bertz CT molecular complexity index is 525. The van der Waals surface area contributed by atoms with E-state index in [1.807, 2.05) is 40.8 Å². The van der Waals surface area contributed by atoms with Crippen LogP contribution in [0, 0.1) is 13.7 Å². The fourth-order valence-corrected chi connectivity index (χ4v) is 3.79. The zero-order chi connectivity index (χ0) is 10.3. The highest BCUT2D eigenvalue weighted by Crippen LogP contribution is 2.38. The van der Waals surface area contributed by atoms with Gasteiger partial charge in [-0.3, -0.25) is 10.1 Å². The van der Waals surface area contributed by atoms with Crippen LogP contribution < -0.4 is 0 Å². The van der Waals surface area contributed by atoms with Gasteiger partial charge in [-0.05, 0) is 34.7 Å². The number of thiophene rings is 1. The molecule has 0 unspecified atom stereocenters. The summed E-state index contributed by atoms with van der Waals surface area (Å²) in [5.74, 6) is 0. The van der Waals surface area contributed by atoms with Gasteiger partial charge in [0.05, 0.1) is 4.92 Å². The molecule has 0 saturated heterocycles. The van der Waals surface area contributed by atoms with Gasteiger partial charge >= 0.3 is 5.00 Å². The second-order valence-corrected chi connectivity index (χ2v) is 5.64. The molecule has 2 aromatic rings. The van der Waals surface area contributed by atoms with E-state index in [2.05, 4.69) is 15.9 Å². The molecule has 0 aliphatic heterocycles. The molecule has 0 radical (unpaired) electrons. The Hall–Kier alpha value is -0.210. The van der Waals surface area contributed by atoms with Crippen LogP contribution in [-0.2, 0) is 0 Å². The molecule has 1 aromatic heterocycles. The fourth-order valence-electron chi connectivity index (χ4n) is 1.14. The molecule has 0 saturated carbocycles. The Morgan fingerprint density at radius 1 is 1.50 bits per heavy atom. The van der Waals surface area contributed by atoms with Gasteiger partial charge in [0.2, 0.25) is 0 Å². The maximum absolute atomic E-state index is 10.7. The Morgan fingerprint density at radius 3 is 2.86 bits per heavy atom. The number of hydrogen-bond acceptors (Lipinski definition) is 3. The van der Waals surface area contributed by atoms with E-state index in [0.29, 0.717) is 0 Å². The van der Waals surface area contributed by atoms with E-state index in [1.54, 1.807) is 0 Å². The van der Waals surface area contributed by atoms with E-state index >= 15 is 0 Å². The Labute approximate surface area is 106 Å². The summed E-state index contributed by atoms with van der Waals surface area (Å²) in [6.45, 7) is 0. The van der Waals surface area contributed by atoms with Crippen LogP contribution in [0.2, 0.25) is 0 Å². The smallest absolute Gasteiger partial charge is 0.258 e. The minimum Gasteiger partial charge on any atom is -0.258 e. The molecular formula is C8H3BrINO2S. The minimum absolute atomic E-state index is 0.221. The van der Waals surface area contributed by atoms with Crippen molar-refractivity contribution in [2.45, 2.75) is 0 Å². The molecule has 72 valence electrons. The molecule has 14 heavy (non-hydrogen) atoms. The van der Waals surface area contributed by atoms with Crippen LogP contribution >= 0.6 is 49.9 Å². The van der Waals surface area contributed by atoms with E-state index in [9.17, 15) is 10.1 Å². The van der Waals surface area contributed by atoms with E-state index in [4.69, 9.17) is 0 Å². The lowest BCUT2D eigenvalue weighted by atomic mass is 10.3. The van der Waals surface area contributed by atoms with Crippen LogP contribution in [0.25, 0.3) is 10.1 Å². The lowest BCUT2D eigenvalue weighted by Crippen LogP contribution is -1.84. The average Bonchev–Trinajstić information content (AvgIpc) is 2.43. The summed E-state index contributed by atoms with van der Waals surface area (Å²) in [5.41, 5.74) is 0. The van der Waals surface area contributed by atoms with Crippen LogP contribution in [0.3, 0.4) is 0 Å². The quantitative estimate of drug-likeness (QED) is 0.421. The highest BCUT2D eigenvalue weighted by Gasteiger charge is 2.18. The van der Waals surface area contributed by atoms with Crippen molar-refractivity contribution in [3.8, 4) is 0 Å². The fraction of sp³-hybridized carbons (Fsp3) is 0. The van der Waals surface area contributed by atoms with Crippen LogP contribution in [0.15, 0.2) is 22.7 Å². The highest BCUT2D eigenvalue weighted by molar-refractivity contribution is 14.1. The molecule has 0 aliphatic rings. The standard InChI is InChI=1S/C8H3BrINO2S/c9-4-1-2-5-6(3-4)14-8(7(5)10)11(12)13/h1-3H. The molecule has 0 bridgehead atoms. The first-order valence-electron chi connectivity index (χ1n) is 3.61. The highest BCUT2D eigenvalue weighted by atomic mass is 127. The van der Waals surface area contributed by atoms with E-state index < -0.39 is 0 Å². The van der Waals surface area contributed by atoms with Gasteiger partial charge in [0, 0.05) is 14.6 Å². The summed E-state index contributed by atoms with van der Waals surface area (Å²) in [6, 6.07) is 5.68. The molecule has 0 aliphatic carbocycles. The van der Waals surface area contributed by atoms with Gasteiger partial charge in [-0.1, -0.05) is 33.3 Å². The molecular weight excluding hydrogens is 381 g/mol. The minimum atomic E-state index is -0.333. The Balaban J connectivity index is 2.79. The number of hydrogen-bond donors (Lipinski definition) is 0. The van der Waals surface area contributed by atoms with Crippen LogP contribution in [0.5, 0.6) is 0 Å². The normalized spacial score (nSPS) is 10.7. The maximum Gasteiger partial charge on any atom is 0.338 e. The van der Waals surface area contributed by atoms with Crippen LogP contribution in [-0.4, -0.2) is 4.92 Å². The SMILES string of the molecule is O=[N+]([O-])c1sc2cc(Br)ccc2c1I. The Morgan fingerprint density at radius 2 is 2.21 bits per heavy atom. The first kappa shape index (κ1) is 10.3. The van der Waals surface area contributed by atoms with Gasteiger partial charge in [-0.2, -0.15) is 0 Å². The lowest BCUT2D eigenvalue weighted by molar-refractivity contribution is -0.381. The molecule has 3 nitrogen and oxygen atoms in total. The van der Waals surface area contributed by atoms with Gasteiger partial charge < -0.3 is 0 Å². The summed E-state index contributed by atoms with van der Waals surface area (Å²) in [5, 5.41) is 11.8. The van der Waals surface area contributed by atoms with Crippen molar-refractivity contribution >= 4 is 64.9 Å².